The van der Waals surface area contributed by atoms with Gasteiger partial charge in [-0.2, -0.15) is 0 Å². The topological polar surface area (TPSA) is 107 Å². The van der Waals surface area contributed by atoms with Gasteiger partial charge in [-0.25, -0.2) is 0 Å². The van der Waals surface area contributed by atoms with Gasteiger partial charge < -0.3 is 14.2 Å². The van der Waals surface area contributed by atoms with E-state index in [1.165, 1.54) is 6.92 Å². The largest absolute Gasteiger partial charge is 0.481 e. The molecule has 1 fully saturated rings. The Hall–Kier alpha value is -0.740. The van der Waals surface area contributed by atoms with Crippen molar-refractivity contribution in [2.45, 2.75) is 85.4 Å². The van der Waals surface area contributed by atoms with Gasteiger partial charge in [0.15, 0.2) is 0 Å². The molecule has 0 aliphatic heterocycles. The van der Waals surface area contributed by atoms with Gasteiger partial charge in [-0.1, -0.05) is 27.7 Å². The smallest absolute Gasteiger partial charge is 0.306 e. The van der Waals surface area contributed by atoms with Gasteiger partial charge in [-0.3, -0.25) is 19.2 Å². The number of ketones is 3. The van der Waals surface area contributed by atoms with Crippen molar-refractivity contribution in [3.05, 3.63) is 0 Å². The zero-order chi connectivity index (χ0) is 22.1. The van der Waals surface area contributed by atoms with Crippen LogP contribution in [0, 0.1) is 10.8 Å². The van der Waals surface area contributed by atoms with Crippen LogP contribution >= 0.6 is 18.9 Å². The summed E-state index contributed by atoms with van der Waals surface area (Å²) in [5, 5.41) is 8.66. The molecule has 162 valence electrons. The first kappa shape index (κ1) is 27.3. The van der Waals surface area contributed by atoms with Gasteiger partial charge in [0.05, 0.1) is 29.5 Å². The Balaban J connectivity index is 0.000000521. The van der Waals surface area contributed by atoms with E-state index in [-0.39, 0.29) is 36.3 Å². The van der Waals surface area contributed by atoms with Gasteiger partial charge in [-0.15, -0.1) is 0 Å². The fourth-order valence-corrected chi connectivity index (χ4v) is 3.96. The van der Waals surface area contributed by atoms with Crippen molar-refractivity contribution in [3.63, 3.8) is 0 Å². The number of aliphatic carboxylic acids is 1. The first-order chi connectivity index (χ1) is 12.9. The predicted octanol–water partition coefficient (Wildman–Crippen LogP) is 3.54. The Kier molecular flexibility index (Phi) is 11.8. The third kappa shape index (κ3) is 7.59. The fourth-order valence-electron chi connectivity index (χ4n) is 3.17. The lowest BCUT2D eigenvalue weighted by atomic mass is 9.79. The second-order valence-electron chi connectivity index (χ2n) is 7.68. The molecule has 1 saturated carbocycles. The molecule has 0 amide bonds. The molecule has 0 bridgehead atoms. The van der Waals surface area contributed by atoms with Crippen molar-refractivity contribution >= 4 is 42.3 Å². The highest BCUT2D eigenvalue weighted by molar-refractivity contribution is 7.10. The maximum absolute atomic E-state index is 11.6. The average molecular weight is 436 g/mol. The molecule has 4 unspecified atom stereocenters. The van der Waals surface area contributed by atoms with E-state index in [1.807, 2.05) is 20.8 Å². The highest BCUT2D eigenvalue weighted by Crippen LogP contribution is 2.52. The zero-order valence-corrected chi connectivity index (χ0v) is 19.8. The summed E-state index contributed by atoms with van der Waals surface area (Å²) in [5.74, 6) is -0.653. The minimum Gasteiger partial charge on any atom is -0.481 e. The molecule has 0 aromatic carbocycles. The van der Waals surface area contributed by atoms with E-state index in [2.05, 4.69) is 18.9 Å². The van der Waals surface area contributed by atoms with Crippen molar-refractivity contribution in [1.29, 1.82) is 0 Å². The van der Waals surface area contributed by atoms with Gasteiger partial charge in [-0.05, 0) is 19.8 Å². The summed E-state index contributed by atoms with van der Waals surface area (Å²) in [5.41, 5.74) is -1.10. The lowest BCUT2D eigenvalue weighted by Gasteiger charge is -2.30. The maximum atomic E-state index is 11.6. The normalized spacial score (nSPS) is 17.0. The minimum atomic E-state index is -0.923. The second-order valence-corrected chi connectivity index (χ2v) is 8.23. The Morgan fingerprint density at radius 3 is 1.86 bits per heavy atom. The Labute approximate surface area is 172 Å². The Bertz CT molecular complexity index is 533. The first-order valence-corrected chi connectivity index (χ1v) is 10.4. The standard InChI is InChI=1S/C10H19O3P.C9H15O4P/c1-5-8(12)10(3,4)9(13-14)6-7(2)11;1-2-6(10)9(3-4-9)7(13-14)5-8(11)12/h9H,5-6,14H2,1-4H3;7H,2-5,14H2,1H3,(H,11,12). The molecule has 1 rings (SSSR count). The number of carboxylic acids is 1. The summed E-state index contributed by atoms with van der Waals surface area (Å²) >= 11 is 0. The van der Waals surface area contributed by atoms with E-state index in [0.717, 1.165) is 12.8 Å². The molecule has 0 heterocycles. The van der Waals surface area contributed by atoms with Crippen LogP contribution in [0.2, 0.25) is 0 Å². The van der Waals surface area contributed by atoms with Gasteiger partial charge in [0, 0.05) is 38.2 Å². The third-order valence-electron chi connectivity index (χ3n) is 5.29. The molecular formula is C19H34O7P2. The molecule has 7 nitrogen and oxygen atoms in total. The molecule has 0 aromatic rings. The molecule has 1 aliphatic rings. The van der Waals surface area contributed by atoms with Crippen LogP contribution in [-0.4, -0.2) is 40.6 Å². The lowest BCUT2D eigenvalue weighted by molar-refractivity contribution is -0.141. The summed E-state index contributed by atoms with van der Waals surface area (Å²) < 4.78 is 10.2. The van der Waals surface area contributed by atoms with Crippen molar-refractivity contribution < 1.29 is 33.3 Å². The van der Waals surface area contributed by atoms with Crippen LogP contribution < -0.4 is 0 Å². The van der Waals surface area contributed by atoms with Gasteiger partial charge >= 0.3 is 5.97 Å². The molecule has 1 aliphatic carbocycles. The lowest BCUT2D eigenvalue weighted by Crippen LogP contribution is -2.38. The average Bonchev–Trinajstić information content (AvgIpc) is 3.44. The quantitative estimate of drug-likeness (QED) is 0.466. The SMILES string of the molecule is CCC(=O)C(C)(C)C(CC(C)=O)OP.CCC(=O)C1(C(CC(=O)O)OP)CC1. The summed E-state index contributed by atoms with van der Waals surface area (Å²) in [7, 11) is 4.19. The highest BCUT2D eigenvalue weighted by atomic mass is 31.0. The molecule has 0 radical (unpaired) electrons. The minimum absolute atomic E-state index is 0.0365. The number of rotatable bonds is 12. The highest BCUT2D eigenvalue weighted by Gasteiger charge is 2.55. The summed E-state index contributed by atoms with van der Waals surface area (Å²) in [6, 6.07) is 0. The number of Topliss-reactive ketones (excluding diaryl/α,β-unsaturated/α-hetero) is 3. The van der Waals surface area contributed by atoms with Crippen LogP contribution in [0.3, 0.4) is 0 Å². The predicted molar refractivity (Wildman–Crippen MR) is 113 cm³/mol. The van der Waals surface area contributed by atoms with E-state index in [4.69, 9.17) is 14.2 Å². The van der Waals surface area contributed by atoms with Crippen molar-refractivity contribution in [2.24, 2.45) is 10.8 Å². The van der Waals surface area contributed by atoms with Gasteiger partial charge in [0.25, 0.3) is 0 Å². The molecule has 1 N–H and O–H groups in total. The number of hydrogen-bond donors (Lipinski definition) is 1. The molecule has 0 spiro atoms. The molecular weight excluding hydrogens is 402 g/mol. The van der Waals surface area contributed by atoms with Crippen LogP contribution in [0.25, 0.3) is 0 Å². The number of carbonyl (C=O) groups is 4. The van der Waals surface area contributed by atoms with Crippen LogP contribution in [-0.2, 0) is 28.2 Å². The number of carboxylic acid groups (broad SMARTS) is 1. The van der Waals surface area contributed by atoms with E-state index in [0.29, 0.717) is 12.8 Å². The summed E-state index contributed by atoms with van der Waals surface area (Å²) in [6.45, 7) is 8.75. The van der Waals surface area contributed by atoms with Crippen LogP contribution in [0.1, 0.15) is 73.1 Å². The van der Waals surface area contributed by atoms with Gasteiger partial charge in [0.1, 0.15) is 17.3 Å². The number of hydrogen-bond acceptors (Lipinski definition) is 6. The van der Waals surface area contributed by atoms with Gasteiger partial charge in [0.2, 0.25) is 0 Å². The molecule has 28 heavy (non-hydrogen) atoms. The van der Waals surface area contributed by atoms with Crippen molar-refractivity contribution in [3.8, 4) is 0 Å². The Morgan fingerprint density at radius 2 is 1.57 bits per heavy atom. The van der Waals surface area contributed by atoms with E-state index in [9.17, 15) is 19.2 Å². The van der Waals surface area contributed by atoms with Crippen LogP contribution in [0.5, 0.6) is 0 Å². The summed E-state index contributed by atoms with van der Waals surface area (Å²) in [6.07, 6.45) is 1.77. The van der Waals surface area contributed by atoms with Crippen molar-refractivity contribution in [2.75, 3.05) is 0 Å². The maximum Gasteiger partial charge on any atom is 0.306 e. The van der Waals surface area contributed by atoms with E-state index in [1.54, 1.807) is 6.92 Å². The summed E-state index contributed by atoms with van der Waals surface area (Å²) in [4.78, 5) is 44.7. The molecule has 9 heteroatoms. The molecule has 0 saturated heterocycles. The van der Waals surface area contributed by atoms with Crippen LogP contribution in [0.15, 0.2) is 0 Å². The third-order valence-corrected chi connectivity index (χ3v) is 5.94. The molecule has 4 atom stereocenters. The molecule has 0 aromatic heterocycles. The monoisotopic (exact) mass is 436 g/mol. The fraction of sp³-hybridized carbons (Fsp3) is 0.789. The number of carbonyl (C=O) groups excluding carboxylic acids is 3. The Morgan fingerprint density at radius 1 is 1.04 bits per heavy atom. The second kappa shape index (κ2) is 12.1. The van der Waals surface area contributed by atoms with Crippen LogP contribution in [0.4, 0.5) is 0 Å². The first-order valence-electron chi connectivity index (χ1n) is 9.41. The zero-order valence-electron chi connectivity index (χ0n) is 17.4. The van der Waals surface area contributed by atoms with Crippen molar-refractivity contribution in [1.82, 2.24) is 0 Å². The van der Waals surface area contributed by atoms with E-state index < -0.39 is 22.9 Å². The van der Waals surface area contributed by atoms with E-state index >= 15 is 0 Å².